The maximum Gasteiger partial charge on any atom is 0.270 e. The first-order valence-electron chi connectivity index (χ1n) is 4.68. The molecule has 0 aliphatic carbocycles. The third-order valence-electron chi connectivity index (χ3n) is 1.80. The van der Waals surface area contributed by atoms with Gasteiger partial charge in [-0.1, -0.05) is 0 Å². The average molecular weight is 270 g/mol. The van der Waals surface area contributed by atoms with Crippen LogP contribution in [0, 0.1) is 10.1 Å². The molecule has 0 radical (unpaired) electrons. The number of aromatic hydroxyl groups is 1. The molecule has 0 fully saturated rings. The van der Waals surface area contributed by atoms with E-state index in [1.165, 1.54) is 0 Å². The van der Waals surface area contributed by atoms with Crippen molar-refractivity contribution in [3.05, 3.63) is 33.9 Å². The molecule has 0 saturated carbocycles. The maximum absolute atomic E-state index is 10.5. The lowest BCUT2D eigenvalue weighted by Gasteiger charge is -2.05. The van der Waals surface area contributed by atoms with E-state index in [2.05, 4.69) is 10.2 Å². The number of nitro groups is 1. The van der Waals surface area contributed by atoms with E-state index in [1.807, 2.05) is 0 Å². The van der Waals surface area contributed by atoms with E-state index in [0.717, 1.165) is 24.4 Å². The van der Waals surface area contributed by atoms with Crippen LogP contribution >= 0.6 is 0 Å². The Balaban J connectivity index is 2.87. The molecule has 0 amide bonds. The second kappa shape index (κ2) is 6.25. The third-order valence-corrected chi connectivity index (χ3v) is 1.80. The first-order valence-corrected chi connectivity index (χ1v) is 4.68. The van der Waals surface area contributed by atoms with Gasteiger partial charge in [-0.2, -0.15) is 5.10 Å². The van der Waals surface area contributed by atoms with E-state index in [1.54, 1.807) is 5.43 Å². The monoisotopic (exact) mass is 270 g/mol. The molecular weight excluding hydrogens is 260 g/mol. The molecule has 1 aromatic carbocycles. The van der Waals surface area contributed by atoms with Gasteiger partial charge < -0.3 is 10.8 Å². The predicted molar refractivity (Wildman–Crippen MR) is 62.5 cm³/mol. The number of hydrogen-bond acceptors (Lipinski definition) is 8. The van der Waals surface area contributed by atoms with Crippen molar-refractivity contribution >= 4 is 17.9 Å². The zero-order valence-corrected chi connectivity index (χ0v) is 9.33. The topological polar surface area (TPSA) is 170 Å². The molecule has 1 rings (SSSR count). The van der Waals surface area contributed by atoms with Crippen LogP contribution in [-0.2, 0) is 0 Å². The Hall–Kier alpha value is -2.76. The number of nitrogens with one attached hydrogen (secondary N) is 1. The van der Waals surface area contributed by atoms with Gasteiger partial charge in [-0.15, -0.1) is 5.10 Å². The van der Waals surface area contributed by atoms with Crippen LogP contribution in [0.15, 0.2) is 28.4 Å². The Bertz CT molecular complexity index is 528. The van der Waals surface area contributed by atoms with Gasteiger partial charge in [-0.05, 0) is 6.07 Å². The highest BCUT2D eigenvalue weighted by molar-refractivity contribution is 5.85. The molecule has 0 heterocycles. The highest BCUT2D eigenvalue weighted by atomic mass is 16.8. The highest BCUT2D eigenvalue weighted by Crippen LogP contribution is 2.21. The standard InChI is InChI=1S/C8H10N6O5/c9-8(12-14(18)19)11-10-4-5-3-6(13(16)17)1-2-7(5)15/h1-4,15,18-19H,(H3,9,11,12)/b10-4+. The number of non-ortho nitro benzene ring substituents is 1. The molecule has 11 nitrogen and oxygen atoms in total. The Morgan fingerprint density at radius 3 is 2.79 bits per heavy atom. The summed E-state index contributed by atoms with van der Waals surface area (Å²) in [5.41, 5.74) is 6.73. The second-order valence-electron chi connectivity index (χ2n) is 3.13. The number of nitro benzene ring substituents is 1. The fraction of sp³-hybridized carbons (Fsp3) is 0. The average Bonchev–Trinajstić information content (AvgIpc) is 2.30. The lowest BCUT2D eigenvalue weighted by atomic mass is 10.2. The zero-order valence-electron chi connectivity index (χ0n) is 9.33. The van der Waals surface area contributed by atoms with Crippen molar-refractivity contribution in [1.82, 2.24) is 10.8 Å². The van der Waals surface area contributed by atoms with Gasteiger partial charge in [0.15, 0.2) is 0 Å². The van der Waals surface area contributed by atoms with Gasteiger partial charge in [0.1, 0.15) is 5.75 Å². The molecule has 0 saturated heterocycles. The number of nitrogens with two attached hydrogens (primary N) is 1. The fourth-order valence-corrected chi connectivity index (χ4v) is 1.04. The first-order chi connectivity index (χ1) is 8.90. The summed E-state index contributed by atoms with van der Waals surface area (Å²) in [6.45, 7) is 0. The van der Waals surface area contributed by atoms with Gasteiger partial charge in [0.25, 0.3) is 5.69 Å². The van der Waals surface area contributed by atoms with Crippen molar-refractivity contribution in [3.8, 4) is 5.75 Å². The fourth-order valence-electron chi connectivity index (χ4n) is 1.04. The van der Waals surface area contributed by atoms with Crippen LogP contribution in [0.1, 0.15) is 5.56 Å². The normalized spacial score (nSPS) is 12.1. The van der Waals surface area contributed by atoms with Crippen LogP contribution in [0.2, 0.25) is 0 Å². The quantitative estimate of drug-likeness (QED) is 0.211. The second-order valence-corrected chi connectivity index (χ2v) is 3.13. The molecule has 0 atom stereocenters. The molecule has 0 bridgehead atoms. The summed E-state index contributed by atoms with van der Waals surface area (Å²) < 4.78 is 0. The van der Waals surface area contributed by atoms with Crippen molar-refractivity contribution < 1.29 is 20.4 Å². The number of nitrogens with zero attached hydrogens (tertiary/aromatic N) is 4. The van der Waals surface area contributed by atoms with Crippen molar-refractivity contribution in [2.45, 2.75) is 0 Å². The molecule has 0 spiro atoms. The van der Waals surface area contributed by atoms with Crippen LogP contribution in [-0.4, -0.2) is 38.0 Å². The molecule has 0 aromatic heterocycles. The number of phenols is 1. The van der Waals surface area contributed by atoms with Gasteiger partial charge in [0.2, 0.25) is 5.96 Å². The molecular formula is C8H10N6O5. The Morgan fingerprint density at radius 2 is 2.21 bits per heavy atom. The van der Waals surface area contributed by atoms with Gasteiger partial charge in [0, 0.05) is 23.0 Å². The minimum Gasteiger partial charge on any atom is -0.507 e. The summed E-state index contributed by atoms with van der Waals surface area (Å²) in [5.74, 6) is -0.687. The van der Waals surface area contributed by atoms with Crippen molar-refractivity contribution in [2.24, 2.45) is 15.9 Å². The van der Waals surface area contributed by atoms with Gasteiger partial charge >= 0.3 is 0 Å². The van der Waals surface area contributed by atoms with Gasteiger partial charge in [0.05, 0.1) is 11.1 Å². The van der Waals surface area contributed by atoms with E-state index in [0.29, 0.717) is 0 Å². The van der Waals surface area contributed by atoms with E-state index in [4.69, 9.17) is 16.1 Å². The van der Waals surface area contributed by atoms with Gasteiger partial charge in [-0.25, -0.2) is 5.43 Å². The SMILES string of the molecule is NC(=N/N=C/c1cc([N+](=O)[O-])ccc1O)NN(O)O. The van der Waals surface area contributed by atoms with Crippen molar-refractivity contribution in [2.75, 3.05) is 0 Å². The summed E-state index contributed by atoms with van der Waals surface area (Å²) in [6, 6.07) is 3.34. The minimum atomic E-state index is -0.634. The van der Waals surface area contributed by atoms with Crippen LogP contribution < -0.4 is 11.2 Å². The number of rotatable bonds is 4. The van der Waals surface area contributed by atoms with Crippen LogP contribution in [0.25, 0.3) is 0 Å². The van der Waals surface area contributed by atoms with Crippen molar-refractivity contribution in [3.63, 3.8) is 0 Å². The largest absolute Gasteiger partial charge is 0.507 e. The van der Waals surface area contributed by atoms with Crippen LogP contribution in [0.5, 0.6) is 5.75 Å². The number of hydrogen-bond donors (Lipinski definition) is 5. The number of benzene rings is 1. The number of phenolic OH excluding ortho intramolecular Hbond substituents is 1. The van der Waals surface area contributed by atoms with E-state index in [9.17, 15) is 15.2 Å². The molecule has 102 valence electrons. The Morgan fingerprint density at radius 1 is 1.53 bits per heavy atom. The minimum absolute atomic E-state index is 0.0515. The number of hydrazine groups is 1. The van der Waals surface area contributed by atoms with Crippen LogP contribution in [0.3, 0.4) is 0 Å². The molecule has 11 heteroatoms. The Labute approximate surface area is 105 Å². The summed E-state index contributed by atoms with van der Waals surface area (Å²) >= 11 is 0. The first kappa shape index (κ1) is 14.3. The molecule has 0 unspecified atom stereocenters. The predicted octanol–water partition coefficient (Wildman–Crippen LogP) is -0.466. The molecule has 0 aliphatic rings. The van der Waals surface area contributed by atoms with Crippen LogP contribution in [0.4, 0.5) is 5.69 Å². The summed E-state index contributed by atoms with van der Waals surface area (Å²) in [4.78, 5) is 9.89. The number of guanidine groups is 1. The summed E-state index contributed by atoms with van der Waals surface area (Å²) in [6.07, 6.45) is 1.01. The molecule has 1 aromatic rings. The third kappa shape index (κ3) is 4.55. The summed E-state index contributed by atoms with van der Waals surface area (Å²) in [5, 5.41) is 42.9. The van der Waals surface area contributed by atoms with E-state index >= 15 is 0 Å². The smallest absolute Gasteiger partial charge is 0.270 e. The lowest BCUT2D eigenvalue weighted by molar-refractivity contribution is -0.384. The lowest BCUT2D eigenvalue weighted by Crippen LogP contribution is -2.41. The Kier molecular flexibility index (Phi) is 4.70. The molecule has 6 N–H and O–H groups in total. The molecule has 0 aliphatic heterocycles. The van der Waals surface area contributed by atoms with Crippen molar-refractivity contribution in [1.29, 1.82) is 0 Å². The van der Waals surface area contributed by atoms with E-state index in [-0.39, 0.29) is 17.0 Å². The summed E-state index contributed by atoms with van der Waals surface area (Å²) in [7, 11) is 0. The van der Waals surface area contributed by atoms with Gasteiger partial charge in [-0.3, -0.25) is 20.5 Å². The zero-order chi connectivity index (χ0) is 14.4. The molecule has 19 heavy (non-hydrogen) atoms. The maximum atomic E-state index is 10.5. The highest BCUT2D eigenvalue weighted by Gasteiger charge is 2.08. The van der Waals surface area contributed by atoms with E-state index < -0.39 is 16.2 Å².